The van der Waals surface area contributed by atoms with Gasteiger partial charge in [0.05, 0.1) is 0 Å². The van der Waals surface area contributed by atoms with E-state index in [1.807, 2.05) is 0 Å². The number of rotatable bonds is 4. The van der Waals surface area contributed by atoms with E-state index in [0.717, 1.165) is 12.8 Å². The van der Waals surface area contributed by atoms with Gasteiger partial charge in [0.2, 0.25) is 0 Å². The van der Waals surface area contributed by atoms with E-state index in [-0.39, 0.29) is 10.8 Å². The van der Waals surface area contributed by atoms with E-state index in [1.165, 1.54) is 111 Å². The van der Waals surface area contributed by atoms with Crippen LogP contribution >= 0.6 is 0 Å². The van der Waals surface area contributed by atoms with Gasteiger partial charge in [-0.25, -0.2) is 0 Å². The Morgan fingerprint density at radius 2 is 0.846 bits per heavy atom. The van der Waals surface area contributed by atoms with Crippen molar-refractivity contribution in [1.82, 2.24) is 0 Å². The van der Waals surface area contributed by atoms with Crippen molar-refractivity contribution in [2.24, 2.45) is 0 Å². The zero-order valence-corrected chi connectivity index (χ0v) is 30.3. The average molecular weight is 665 g/mol. The summed E-state index contributed by atoms with van der Waals surface area (Å²) in [6, 6.07) is 55.8. The van der Waals surface area contributed by atoms with Crippen LogP contribution in [0.1, 0.15) is 62.8 Å². The fourth-order valence-electron chi connectivity index (χ4n) is 10.8. The highest BCUT2D eigenvalue weighted by molar-refractivity contribution is 6.27. The molecular formula is C52H40. The summed E-state index contributed by atoms with van der Waals surface area (Å²) in [4.78, 5) is 0. The molecule has 0 aromatic heterocycles. The molecule has 0 amide bonds. The fraction of sp³-hybridized carbons (Fsp3) is 0.154. The molecule has 0 heterocycles. The first kappa shape index (κ1) is 30.0. The Balaban J connectivity index is 1.25. The summed E-state index contributed by atoms with van der Waals surface area (Å²) < 4.78 is 0. The van der Waals surface area contributed by atoms with Crippen LogP contribution < -0.4 is 0 Å². The molecule has 3 aliphatic carbocycles. The van der Waals surface area contributed by atoms with Gasteiger partial charge in [0.25, 0.3) is 0 Å². The van der Waals surface area contributed by atoms with E-state index in [0.29, 0.717) is 0 Å². The molecule has 0 radical (unpaired) electrons. The molecule has 0 unspecified atom stereocenters. The van der Waals surface area contributed by atoms with E-state index in [4.69, 9.17) is 0 Å². The SMILES string of the molecule is CCC1(CC)c2ccccc2-c2ccc(-c3c4c(c(-c5ccc6c(c5)C(C)(C)c5ccccc5-6)c5ccccc35)-c3cccc5cccc-4c35)cc21. The first-order valence-electron chi connectivity index (χ1n) is 19.1. The zero-order chi connectivity index (χ0) is 34.9. The smallest absolute Gasteiger partial charge is 0.0210 e. The summed E-state index contributed by atoms with van der Waals surface area (Å²) in [5.74, 6) is 0. The molecular weight excluding hydrogens is 625 g/mol. The Bertz CT molecular complexity index is 2830. The summed E-state index contributed by atoms with van der Waals surface area (Å²) >= 11 is 0. The van der Waals surface area contributed by atoms with Crippen molar-refractivity contribution in [3.63, 3.8) is 0 Å². The molecule has 0 spiro atoms. The molecule has 52 heavy (non-hydrogen) atoms. The van der Waals surface area contributed by atoms with Crippen LogP contribution in [0.25, 0.3) is 88.3 Å². The average Bonchev–Trinajstić information content (AvgIpc) is 3.76. The van der Waals surface area contributed by atoms with Crippen molar-refractivity contribution in [2.45, 2.75) is 51.4 Å². The molecule has 0 atom stereocenters. The molecule has 0 bridgehead atoms. The Hall–Kier alpha value is -5.72. The van der Waals surface area contributed by atoms with Gasteiger partial charge in [-0.1, -0.05) is 161 Å². The van der Waals surface area contributed by atoms with Crippen LogP contribution in [-0.2, 0) is 10.8 Å². The van der Waals surface area contributed by atoms with Crippen molar-refractivity contribution in [1.29, 1.82) is 0 Å². The minimum atomic E-state index is -0.0725. The Labute approximate surface area is 306 Å². The third kappa shape index (κ3) is 3.62. The molecule has 0 fully saturated rings. The van der Waals surface area contributed by atoms with Gasteiger partial charge in [-0.2, -0.15) is 0 Å². The number of benzene rings is 8. The lowest BCUT2D eigenvalue weighted by atomic mass is 9.73. The molecule has 0 N–H and O–H groups in total. The molecule has 0 aliphatic heterocycles. The van der Waals surface area contributed by atoms with Gasteiger partial charge < -0.3 is 0 Å². The number of hydrogen-bond donors (Lipinski definition) is 0. The lowest BCUT2D eigenvalue weighted by Gasteiger charge is -2.30. The predicted octanol–water partition coefficient (Wildman–Crippen LogP) is 14.4. The Morgan fingerprint density at radius 3 is 1.44 bits per heavy atom. The topological polar surface area (TPSA) is 0 Å². The maximum absolute atomic E-state index is 2.57. The fourth-order valence-corrected chi connectivity index (χ4v) is 10.8. The van der Waals surface area contributed by atoms with E-state index in [2.05, 4.69) is 173 Å². The second kappa shape index (κ2) is 10.4. The second-order valence-electron chi connectivity index (χ2n) is 15.8. The van der Waals surface area contributed by atoms with Crippen LogP contribution in [0, 0.1) is 0 Å². The molecule has 0 saturated heterocycles. The summed E-state index contributed by atoms with van der Waals surface area (Å²) in [7, 11) is 0. The van der Waals surface area contributed by atoms with Gasteiger partial charge in [-0.05, 0) is 136 Å². The monoisotopic (exact) mass is 664 g/mol. The van der Waals surface area contributed by atoms with Crippen molar-refractivity contribution in [2.75, 3.05) is 0 Å². The molecule has 248 valence electrons. The van der Waals surface area contributed by atoms with Crippen LogP contribution in [0.3, 0.4) is 0 Å². The van der Waals surface area contributed by atoms with Gasteiger partial charge in [0.1, 0.15) is 0 Å². The molecule has 0 heteroatoms. The Kier molecular flexibility index (Phi) is 6.01. The van der Waals surface area contributed by atoms with Gasteiger partial charge in [-0.15, -0.1) is 0 Å². The van der Waals surface area contributed by atoms with Gasteiger partial charge in [-0.3, -0.25) is 0 Å². The summed E-state index contributed by atoms with van der Waals surface area (Å²) in [5, 5.41) is 5.31. The highest BCUT2D eigenvalue weighted by atomic mass is 14.4. The highest BCUT2D eigenvalue weighted by Gasteiger charge is 2.41. The minimum Gasteiger partial charge on any atom is -0.0642 e. The van der Waals surface area contributed by atoms with Gasteiger partial charge in [0, 0.05) is 10.8 Å². The standard InChI is InChI=1S/C52H40/c1-5-52(6-2)43-24-12-10-18-35(43)37-28-26-33(30-45(37)52)48-39-20-8-7-19-38(39)47(49-40-21-13-15-31-16-14-22-41(46(31)40)50(48)49)32-25-27-36-34-17-9-11-23-42(34)51(3,4)44(36)29-32/h7-30H,5-6H2,1-4H3. The van der Waals surface area contributed by atoms with E-state index in [9.17, 15) is 0 Å². The summed E-state index contributed by atoms with van der Waals surface area (Å²) in [6.45, 7) is 9.53. The van der Waals surface area contributed by atoms with Crippen LogP contribution in [-0.4, -0.2) is 0 Å². The summed E-state index contributed by atoms with van der Waals surface area (Å²) in [5.41, 5.74) is 22.0. The molecule has 11 rings (SSSR count). The van der Waals surface area contributed by atoms with E-state index in [1.54, 1.807) is 0 Å². The number of hydrogen-bond acceptors (Lipinski definition) is 0. The second-order valence-corrected chi connectivity index (χ2v) is 15.8. The lowest BCUT2D eigenvalue weighted by molar-refractivity contribution is 0.490. The highest BCUT2D eigenvalue weighted by Crippen LogP contribution is 2.60. The van der Waals surface area contributed by atoms with Crippen LogP contribution in [0.4, 0.5) is 0 Å². The largest absolute Gasteiger partial charge is 0.0642 e. The van der Waals surface area contributed by atoms with Crippen molar-refractivity contribution >= 4 is 21.5 Å². The van der Waals surface area contributed by atoms with E-state index >= 15 is 0 Å². The van der Waals surface area contributed by atoms with Crippen LogP contribution in [0.2, 0.25) is 0 Å². The van der Waals surface area contributed by atoms with Crippen molar-refractivity contribution < 1.29 is 0 Å². The maximum atomic E-state index is 2.57. The van der Waals surface area contributed by atoms with Crippen LogP contribution in [0.5, 0.6) is 0 Å². The quantitative estimate of drug-likeness (QED) is 0.176. The number of fused-ring (bicyclic) bond motifs is 10. The van der Waals surface area contributed by atoms with Crippen molar-refractivity contribution in [3.05, 3.63) is 168 Å². The first-order chi connectivity index (χ1) is 25.5. The molecule has 0 nitrogen and oxygen atoms in total. The van der Waals surface area contributed by atoms with Crippen LogP contribution in [0.15, 0.2) is 146 Å². The third-order valence-electron chi connectivity index (χ3n) is 13.3. The first-order valence-corrected chi connectivity index (χ1v) is 19.1. The lowest BCUT2D eigenvalue weighted by Crippen LogP contribution is -2.23. The zero-order valence-electron chi connectivity index (χ0n) is 30.3. The minimum absolute atomic E-state index is 0.0125. The normalized spacial score (nSPS) is 15.0. The van der Waals surface area contributed by atoms with Crippen molar-refractivity contribution in [3.8, 4) is 66.8 Å². The molecule has 0 saturated carbocycles. The molecule has 8 aromatic rings. The molecule has 8 aromatic carbocycles. The maximum Gasteiger partial charge on any atom is 0.0210 e. The van der Waals surface area contributed by atoms with Gasteiger partial charge in [0.15, 0.2) is 0 Å². The van der Waals surface area contributed by atoms with Gasteiger partial charge >= 0.3 is 0 Å². The summed E-state index contributed by atoms with van der Waals surface area (Å²) in [6.07, 6.45) is 2.16. The third-order valence-corrected chi connectivity index (χ3v) is 13.3. The van der Waals surface area contributed by atoms with E-state index < -0.39 is 0 Å². The Morgan fingerprint density at radius 1 is 0.385 bits per heavy atom. The molecule has 3 aliphatic rings. The predicted molar refractivity (Wildman–Crippen MR) is 221 cm³/mol.